The Labute approximate surface area is 220 Å². The fourth-order valence-electron chi connectivity index (χ4n) is 5.32. The van der Waals surface area contributed by atoms with E-state index in [-0.39, 0.29) is 30.3 Å². The molecule has 3 heterocycles. The van der Waals surface area contributed by atoms with Crippen molar-refractivity contribution in [2.75, 3.05) is 26.7 Å². The lowest BCUT2D eigenvalue weighted by atomic mass is 9.97. The number of halogens is 1. The van der Waals surface area contributed by atoms with Crippen LogP contribution in [0.2, 0.25) is 5.02 Å². The molecule has 37 heavy (non-hydrogen) atoms. The van der Waals surface area contributed by atoms with Gasteiger partial charge in [0.2, 0.25) is 11.8 Å². The number of ether oxygens (including phenoxy) is 1. The summed E-state index contributed by atoms with van der Waals surface area (Å²) in [6.45, 7) is 7.39. The maximum atomic E-state index is 13.9. The highest BCUT2D eigenvalue weighted by molar-refractivity contribution is 6.31. The van der Waals surface area contributed by atoms with Crippen LogP contribution in [-0.4, -0.2) is 64.9 Å². The van der Waals surface area contributed by atoms with Gasteiger partial charge in [-0.1, -0.05) is 30.3 Å². The highest BCUT2D eigenvalue weighted by Crippen LogP contribution is 2.33. The second kappa shape index (κ2) is 9.94. The molecule has 0 bridgehead atoms. The zero-order chi connectivity index (χ0) is 26.3. The lowest BCUT2D eigenvalue weighted by Gasteiger charge is -2.38. The minimum Gasteiger partial charge on any atom is -0.496 e. The number of carbonyl (C=O) groups is 3. The highest BCUT2D eigenvalue weighted by atomic mass is 35.5. The fraction of sp³-hybridized carbons (Fsp3) is 0.321. The quantitative estimate of drug-likeness (QED) is 0.505. The van der Waals surface area contributed by atoms with Crippen LogP contribution in [0.1, 0.15) is 27.2 Å². The number of methoxy groups -OCH3 is 1. The molecular formula is C28H29ClN4O4. The average molecular weight is 521 g/mol. The zero-order valence-electron chi connectivity index (χ0n) is 20.9. The smallest absolute Gasteiger partial charge is 0.256 e. The van der Waals surface area contributed by atoms with Gasteiger partial charge in [0.25, 0.3) is 5.91 Å². The van der Waals surface area contributed by atoms with Crippen molar-refractivity contribution in [3.8, 4) is 5.75 Å². The molecule has 0 saturated carbocycles. The molecule has 1 aromatic heterocycles. The Bertz CT molecular complexity index is 1420. The summed E-state index contributed by atoms with van der Waals surface area (Å²) in [5.41, 5.74) is 4.25. The molecule has 0 radical (unpaired) electrons. The van der Waals surface area contributed by atoms with Crippen LogP contribution in [0.15, 0.2) is 49.1 Å². The van der Waals surface area contributed by atoms with Crippen molar-refractivity contribution < 1.29 is 19.1 Å². The van der Waals surface area contributed by atoms with Crippen LogP contribution in [0.3, 0.4) is 0 Å². The van der Waals surface area contributed by atoms with Crippen LogP contribution in [0.25, 0.3) is 10.9 Å². The first-order valence-corrected chi connectivity index (χ1v) is 12.6. The topological polar surface area (TPSA) is 83.9 Å². The third-order valence-electron chi connectivity index (χ3n) is 7.26. The van der Waals surface area contributed by atoms with Gasteiger partial charge in [0.1, 0.15) is 12.3 Å². The first-order valence-electron chi connectivity index (χ1n) is 12.2. The molecule has 9 heteroatoms. The summed E-state index contributed by atoms with van der Waals surface area (Å²) in [5, 5.41) is 4.23. The first kappa shape index (κ1) is 24.9. The van der Waals surface area contributed by atoms with Crippen LogP contribution >= 0.6 is 11.6 Å². The summed E-state index contributed by atoms with van der Waals surface area (Å²) in [6, 6.07) is 11.2. The molecule has 1 N–H and O–H groups in total. The molecule has 0 unspecified atom stereocenters. The van der Waals surface area contributed by atoms with Gasteiger partial charge in [-0.15, -0.1) is 0 Å². The van der Waals surface area contributed by atoms with E-state index in [9.17, 15) is 14.4 Å². The van der Waals surface area contributed by atoms with Crippen LogP contribution in [0.4, 0.5) is 0 Å². The van der Waals surface area contributed by atoms with Gasteiger partial charge in [-0.2, -0.15) is 0 Å². The molecule has 8 nitrogen and oxygen atoms in total. The lowest BCUT2D eigenvalue weighted by Crippen LogP contribution is -2.61. The van der Waals surface area contributed by atoms with E-state index in [0.29, 0.717) is 48.9 Å². The number of hydrogen-bond acceptors (Lipinski definition) is 4. The number of aromatic nitrogens is 1. The van der Waals surface area contributed by atoms with E-state index in [4.69, 9.17) is 16.3 Å². The summed E-state index contributed by atoms with van der Waals surface area (Å²) in [4.78, 5) is 41.9. The van der Waals surface area contributed by atoms with E-state index in [0.717, 1.165) is 27.8 Å². The molecule has 3 aromatic rings. The van der Waals surface area contributed by atoms with Crippen molar-refractivity contribution in [2.45, 2.75) is 32.5 Å². The van der Waals surface area contributed by atoms with E-state index >= 15 is 0 Å². The van der Waals surface area contributed by atoms with Crippen LogP contribution < -0.4 is 10.1 Å². The molecule has 3 amide bonds. The number of hydrogen-bond donors (Lipinski definition) is 1. The van der Waals surface area contributed by atoms with Gasteiger partial charge < -0.3 is 24.4 Å². The monoisotopic (exact) mass is 520 g/mol. The number of nitrogens with one attached hydrogen (secondary N) is 1. The van der Waals surface area contributed by atoms with Crippen molar-refractivity contribution in [2.24, 2.45) is 0 Å². The van der Waals surface area contributed by atoms with Crippen molar-refractivity contribution in [3.63, 3.8) is 0 Å². The van der Waals surface area contributed by atoms with E-state index in [2.05, 4.69) is 11.9 Å². The molecule has 2 aliphatic heterocycles. The molecule has 0 spiro atoms. The predicted molar refractivity (Wildman–Crippen MR) is 142 cm³/mol. The molecular weight excluding hydrogens is 492 g/mol. The molecule has 0 aliphatic carbocycles. The van der Waals surface area contributed by atoms with E-state index in [1.807, 2.05) is 40.7 Å². The molecule has 0 atom stereocenters. The Balaban J connectivity index is 1.39. The van der Waals surface area contributed by atoms with Crippen LogP contribution in [-0.2, 0) is 29.1 Å². The second-order valence-corrected chi connectivity index (χ2v) is 9.93. The highest BCUT2D eigenvalue weighted by Gasteiger charge is 2.32. The van der Waals surface area contributed by atoms with Gasteiger partial charge in [0.05, 0.1) is 18.7 Å². The van der Waals surface area contributed by atoms with E-state index < -0.39 is 0 Å². The predicted octanol–water partition coefficient (Wildman–Crippen LogP) is 3.32. The van der Waals surface area contributed by atoms with E-state index in [1.54, 1.807) is 24.1 Å². The summed E-state index contributed by atoms with van der Waals surface area (Å²) >= 11 is 6.33. The van der Waals surface area contributed by atoms with Gasteiger partial charge in [0.15, 0.2) is 0 Å². The number of likely N-dealkylation sites (tertiary alicyclic amines) is 1. The Morgan fingerprint density at radius 1 is 1.19 bits per heavy atom. The minimum atomic E-state index is -0.177. The Morgan fingerprint density at radius 3 is 2.70 bits per heavy atom. The normalized spacial score (nSPS) is 15.2. The third-order valence-corrected chi connectivity index (χ3v) is 7.50. The van der Waals surface area contributed by atoms with Gasteiger partial charge in [-0.3, -0.25) is 14.4 Å². The number of nitrogens with zero attached hydrogens (tertiary/aromatic N) is 3. The van der Waals surface area contributed by atoms with Crippen molar-refractivity contribution in [1.29, 1.82) is 0 Å². The van der Waals surface area contributed by atoms with Crippen LogP contribution in [0.5, 0.6) is 5.75 Å². The standard InChI is InChI=1S/C28H29ClN4O4/c1-4-26(35)32-14-20(15-32)30-25(34)16-33-17(2)27(22-12-19(29)8-9-23(22)33)28(36)31-11-10-21-18(13-31)6-5-7-24(21)37-3/h4-9,12,20H,1,10-11,13-16H2,2-3H3,(H,30,34). The van der Waals surface area contributed by atoms with Crippen molar-refractivity contribution in [3.05, 3.63) is 76.5 Å². The summed E-state index contributed by atoms with van der Waals surface area (Å²) in [6.07, 6.45) is 1.98. The molecule has 1 fully saturated rings. The van der Waals surface area contributed by atoms with Gasteiger partial charge in [-0.25, -0.2) is 0 Å². The number of fused-ring (bicyclic) bond motifs is 2. The van der Waals surface area contributed by atoms with Gasteiger partial charge in [0, 0.05) is 53.4 Å². The van der Waals surface area contributed by atoms with Gasteiger partial charge in [-0.05, 0) is 49.2 Å². The molecule has 2 aliphatic rings. The first-order chi connectivity index (χ1) is 17.8. The third kappa shape index (κ3) is 4.57. The number of carbonyl (C=O) groups excluding carboxylic acids is 3. The van der Waals surface area contributed by atoms with Crippen LogP contribution in [0, 0.1) is 6.92 Å². The maximum Gasteiger partial charge on any atom is 0.256 e. The fourth-order valence-corrected chi connectivity index (χ4v) is 5.49. The summed E-state index contributed by atoms with van der Waals surface area (Å²) < 4.78 is 7.36. The number of amides is 3. The summed E-state index contributed by atoms with van der Waals surface area (Å²) in [7, 11) is 1.66. The second-order valence-electron chi connectivity index (χ2n) is 9.49. The van der Waals surface area contributed by atoms with Crippen molar-refractivity contribution in [1.82, 2.24) is 19.7 Å². The molecule has 2 aromatic carbocycles. The van der Waals surface area contributed by atoms with E-state index in [1.165, 1.54) is 6.08 Å². The number of benzene rings is 2. The van der Waals surface area contributed by atoms with Gasteiger partial charge >= 0.3 is 0 Å². The summed E-state index contributed by atoms with van der Waals surface area (Å²) in [5.74, 6) is 0.439. The Kier molecular flexibility index (Phi) is 6.69. The number of rotatable bonds is 6. The van der Waals surface area contributed by atoms with Crippen molar-refractivity contribution >= 4 is 40.2 Å². The Morgan fingerprint density at radius 2 is 1.97 bits per heavy atom. The Hall–Kier alpha value is -3.78. The lowest BCUT2D eigenvalue weighted by molar-refractivity contribution is -0.133. The minimum absolute atomic E-state index is 0.0587. The SMILES string of the molecule is C=CC(=O)N1CC(NC(=O)Cn2c(C)c(C(=O)N3CCc4c(cccc4OC)C3)c3cc(Cl)ccc32)C1. The molecule has 192 valence electrons. The molecule has 1 saturated heterocycles. The molecule has 5 rings (SSSR count). The maximum absolute atomic E-state index is 13.9. The zero-order valence-corrected chi connectivity index (χ0v) is 21.7. The largest absolute Gasteiger partial charge is 0.496 e. The average Bonchev–Trinajstić information content (AvgIpc) is 3.14.